The summed E-state index contributed by atoms with van der Waals surface area (Å²) in [5, 5.41) is 4.22. The fourth-order valence-corrected chi connectivity index (χ4v) is 2.11. The molecule has 0 fully saturated rings. The molecule has 3 rings (SSSR count). The van der Waals surface area contributed by atoms with Crippen molar-refractivity contribution in [3.63, 3.8) is 0 Å². The van der Waals surface area contributed by atoms with E-state index >= 15 is 0 Å². The highest BCUT2D eigenvalue weighted by Crippen LogP contribution is 2.11. The number of ketones is 1. The predicted octanol–water partition coefficient (Wildman–Crippen LogP) is 1.78. The summed E-state index contributed by atoms with van der Waals surface area (Å²) >= 11 is 0. The van der Waals surface area contributed by atoms with Crippen molar-refractivity contribution in [1.82, 2.24) is 0 Å². The molecule has 0 bridgehead atoms. The number of rotatable bonds is 0. The lowest BCUT2D eigenvalue weighted by Crippen LogP contribution is -2.18. The quantitative estimate of drug-likeness (QED) is 0.642. The second-order valence-corrected chi connectivity index (χ2v) is 3.97. The molecule has 1 heteroatoms. The Morgan fingerprint density at radius 3 is 2.75 bits per heavy atom. The summed E-state index contributed by atoms with van der Waals surface area (Å²) in [5.74, 6) is 0.0777. The second kappa shape index (κ2) is 3.17. The number of allylic oxidation sites excluding steroid dienone is 2. The number of carbonyl (C=O) groups is 1. The van der Waals surface area contributed by atoms with Crippen LogP contribution in [0.15, 0.2) is 42.5 Å². The number of hydrogen-bond acceptors (Lipinski definition) is 1. The molecule has 0 N–H and O–H groups in total. The molecule has 1 aliphatic rings. The molecule has 16 heavy (non-hydrogen) atoms. The van der Waals surface area contributed by atoms with Crippen LogP contribution in [0, 0.1) is 0 Å². The zero-order valence-corrected chi connectivity index (χ0v) is 8.73. The lowest BCUT2D eigenvalue weighted by atomic mass is 9.97. The molecule has 0 saturated heterocycles. The molecule has 2 aromatic rings. The van der Waals surface area contributed by atoms with E-state index in [9.17, 15) is 4.79 Å². The van der Waals surface area contributed by atoms with Gasteiger partial charge in [-0.2, -0.15) is 0 Å². The van der Waals surface area contributed by atoms with Crippen molar-refractivity contribution >= 4 is 29.2 Å². The van der Waals surface area contributed by atoms with Gasteiger partial charge in [0, 0.05) is 5.56 Å². The standard InChI is InChI=1S/C15H10O/c1-10-5-6-11-7-8-13-12(14(11)9-10)3-2-4-15(13)16/h2-9H,1H2. The van der Waals surface area contributed by atoms with E-state index in [0.717, 1.165) is 26.8 Å². The predicted molar refractivity (Wildman–Crippen MR) is 66.7 cm³/mol. The summed E-state index contributed by atoms with van der Waals surface area (Å²) in [6.07, 6.45) is 5.39. The van der Waals surface area contributed by atoms with Crippen molar-refractivity contribution < 1.29 is 4.79 Å². The number of hydrogen-bond donors (Lipinski definition) is 0. The van der Waals surface area contributed by atoms with Crippen LogP contribution in [0.1, 0.15) is 10.4 Å². The largest absolute Gasteiger partial charge is 0.289 e. The van der Waals surface area contributed by atoms with Crippen molar-refractivity contribution in [1.29, 1.82) is 0 Å². The topological polar surface area (TPSA) is 17.1 Å². The van der Waals surface area contributed by atoms with Crippen molar-refractivity contribution in [3.05, 3.63) is 58.5 Å². The Morgan fingerprint density at radius 2 is 1.88 bits per heavy atom. The molecule has 76 valence electrons. The van der Waals surface area contributed by atoms with Crippen LogP contribution in [0.2, 0.25) is 0 Å². The zero-order chi connectivity index (χ0) is 11.1. The van der Waals surface area contributed by atoms with Crippen LogP contribution in [0.4, 0.5) is 0 Å². The van der Waals surface area contributed by atoms with E-state index in [2.05, 4.69) is 6.58 Å². The maximum absolute atomic E-state index is 11.7. The van der Waals surface area contributed by atoms with Gasteiger partial charge in [-0.25, -0.2) is 0 Å². The minimum atomic E-state index is 0.0777. The smallest absolute Gasteiger partial charge is 0.186 e. The highest BCUT2D eigenvalue weighted by Gasteiger charge is 2.09. The molecule has 0 amide bonds. The first-order valence-electron chi connectivity index (χ1n) is 5.20. The van der Waals surface area contributed by atoms with Gasteiger partial charge in [0.15, 0.2) is 5.78 Å². The summed E-state index contributed by atoms with van der Waals surface area (Å²) < 4.78 is 0. The zero-order valence-electron chi connectivity index (χ0n) is 8.73. The summed E-state index contributed by atoms with van der Waals surface area (Å²) in [5.41, 5.74) is 0.778. The van der Waals surface area contributed by atoms with Gasteiger partial charge in [-0.1, -0.05) is 36.9 Å². The van der Waals surface area contributed by atoms with E-state index in [-0.39, 0.29) is 5.78 Å². The highest BCUT2D eigenvalue weighted by atomic mass is 16.1. The first kappa shape index (κ1) is 9.10. The molecule has 0 saturated carbocycles. The van der Waals surface area contributed by atoms with Gasteiger partial charge in [0.25, 0.3) is 0 Å². The maximum atomic E-state index is 11.7. The summed E-state index contributed by atoms with van der Waals surface area (Å²) in [4.78, 5) is 11.7. The first-order chi connectivity index (χ1) is 7.75. The number of carbonyl (C=O) groups excluding carboxylic acids is 1. The van der Waals surface area contributed by atoms with Crippen LogP contribution in [-0.4, -0.2) is 5.78 Å². The minimum absolute atomic E-state index is 0.0777. The van der Waals surface area contributed by atoms with E-state index in [1.165, 1.54) is 0 Å². The summed E-state index contributed by atoms with van der Waals surface area (Å²) in [6, 6.07) is 9.92. The maximum Gasteiger partial charge on any atom is 0.186 e. The van der Waals surface area contributed by atoms with Crippen LogP contribution in [0.5, 0.6) is 0 Å². The average molecular weight is 206 g/mol. The third-order valence-corrected chi connectivity index (χ3v) is 2.90. The van der Waals surface area contributed by atoms with Crippen molar-refractivity contribution in [2.45, 2.75) is 0 Å². The van der Waals surface area contributed by atoms with Gasteiger partial charge < -0.3 is 0 Å². The van der Waals surface area contributed by atoms with Crippen molar-refractivity contribution in [2.24, 2.45) is 0 Å². The Labute approximate surface area is 93.0 Å². The molecule has 0 heterocycles. The molecular formula is C15H10O. The minimum Gasteiger partial charge on any atom is -0.289 e. The highest BCUT2D eigenvalue weighted by molar-refractivity contribution is 6.09. The summed E-state index contributed by atoms with van der Waals surface area (Å²) in [7, 11) is 0. The van der Waals surface area contributed by atoms with Crippen LogP contribution < -0.4 is 10.4 Å². The molecule has 2 aromatic carbocycles. The van der Waals surface area contributed by atoms with Gasteiger partial charge in [0.2, 0.25) is 0 Å². The molecule has 0 atom stereocenters. The van der Waals surface area contributed by atoms with Gasteiger partial charge in [-0.05, 0) is 39.4 Å². The molecule has 0 spiro atoms. The monoisotopic (exact) mass is 206 g/mol. The molecular weight excluding hydrogens is 196 g/mol. The number of fused-ring (bicyclic) bond motifs is 3. The van der Waals surface area contributed by atoms with Gasteiger partial charge in [-0.3, -0.25) is 4.79 Å². The van der Waals surface area contributed by atoms with Crippen LogP contribution in [0.3, 0.4) is 0 Å². The fourth-order valence-electron chi connectivity index (χ4n) is 2.11. The van der Waals surface area contributed by atoms with E-state index < -0.39 is 0 Å². The lowest BCUT2D eigenvalue weighted by Gasteiger charge is -2.06. The van der Waals surface area contributed by atoms with Gasteiger partial charge in [0.1, 0.15) is 0 Å². The van der Waals surface area contributed by atoms with Crippen molar-refractivity contribution in [3.8, 4) is 0 Å². The molecule has 0 unspecified atom stereocenters. The van der Waals surface area contributed by atoms with Crippen LogP contribution in [0.25, 0.3) is 23.4 Å². The van der Waals surface area contributed by atoms with Crippen LogP contribution >= 0.6 is 0 Å². The SMILES string of the molecule is C=c1ccc2ccc3c(c2c1)=CC=CC3=O. The van der Waals surface area contributed by atoms with Crippen molar-refractivity contribution in [2.75, 3.05) is 0 Å². The van der Waals surface area contributed by atoms with Gasteiger partial charge in [-0.15, -0.1) is 0 Å². The molecule has 0 radical (unpaired) electrons. The van der Waals surface area contributed by atoms with Gasteiger partial charge >= 0.3 is 0 Å². The Kier molecular flexibility index (Phi) is 1.80. The van der Waals surface area contributed by atoms with E-state index in [1.807, 2.05) is 36.4 Å². The Morgan fingerprint density at radius 1 is 1.06 bits per heavy atom. The van der Waals surface area contributed by atoms with E-state index in [4.69, 9.17) is 0 Å². The molecule has 1 aliphatic carbocycles. The second-order valence-electron chi connectivity index (χ2n) is 3.97. The third-order valence-electron chi connectivity index (χ3n) is 2.90. The first-order valence-corrected chi connectivity index (χ1v) is 5.20. The Balaban J connectivity index is 2.58. The average Bonchev–Trinajstić information content (AvgIpc) is 2.29. The molecule has 0 aromatic heterocycles. The molecule has 1 nitrogen and oxygen atoms in total. The van der Waals surface area contributed by atoms with E-state index in [0.29, 0.717) is 0 Å². The normalized spacial score (nSPS) is 13.6. The Hall–Kier alpha value is -2.15. The van der Waals surface area contributed by atoms with E-state index in [1.54, 1.807) is 12.2 Å². The Bertz CT molecular complexity index is 736. The molecule has 0 aliphatic heterocycles. The third kappa shape index (κ3) is 1.22. The lowest BCUT2D eigenvalue weighted by molar-refractivity contribution is 0.104. The number of benzene rings is 2. The van der Waals surface area contributed by atoms with Crippen LogP contribution in [-0.2, 0) is 0 Å². The van der Waals surface area contributed by atoms with Gasteiger partial charge in [0.05, 0.1) is 0 Å². The summed E-state index contributed by atoms with van der Waals surface area (Å²) in [6.45, 7) is 3.92. The fraction of sp³-hybridized carbons (Fsp3) is 0.